The van der Waals surface area contributed by atoms with Crippen molar-refractivity contribution in [2.45, 2.75) is 6.42 Å². The first-order valence-corrected chi connectivity index (χ1v) is 5.97. The predicted octanol–water partition coefficient (Wildman–Crippen LogP) is 1.86. The Labute approximate surface area is 113 Å². The number of nitrogens with one attached hydrogen (secondary N) is 2. The van der Waals surface area contributed by atoms with Gasteiger partial charge in [0.05, 0.1) is 19.9 Å². The lowest BCUT2D eigenvalue weighted by Crippen LogP contribution is -2.30. The molecule has 1 aromatic rings. The van der Waals surface area contributed by atoms with E-state index >= 15 is 0 Å². The third-order valence-corrected chi connectivity index (χ3v) is 2.47. The molecule has 106 valence electrons. The van der Waals surface area contributed by atoms with Crippen molar-refractivity contribution >= 4 is 11.7 Å². The van der Waals surface area contributed by atoms with Crippen LogP contribution in [0, 0.1) is 0 Å². The zero-order valence-corrected chi connectivity index (χ0v) is 11.5. The first-order valence-electron chi connectivity index (χ1n) is 5.97. The number of hydrogen-bond acceptors (Lipinski definition) is 4. The molecule has 0 spiro atoms. The van der Waals surface area contributed by atoms with Crippen LogP contribution in [0.5, 0.6) is 11.5 Å². The minimum atomic E-state index is -0.278. The van der Waals surface area contributed by atoms with E-state index in [0.717, 1.165) is 6.42 Å². The van der Waals surface area contributed by atoms with E-state index in [2.05, 4.69) is 10.6 Å². The van der Waals surface area contributed by atoms with Crippen molar-refractivity contribution in [1.29, 1.82) is 0 Å². The molecule has 1 rings (SSSR count). The summed E-state index contributed by atoms with van der Waals surface area (Å²) in [7, 11) is 4.74. The molecule has 0 fully saturated rings. The maximum absolute atomic E-state index is 11.6. The number of benzene rings is 1. The van der Waals surface area contributed by atoms with E-state index in [4.69, 9.17) is 14.2 Å². The van der Waals surface area contributed by atoms with Crippen LogP contribution in [0.3, 0.4) is 0 Å². The number of urea groups is 1. The Bertz CT molecular complexity index is 410. The molecule has 0 radical (unpaired) electrons. The lowest BCUT2D eigenvalue weighted by Gasteiger charge is -2.12. The summed E-state index contributed by atoms with van der Waals surface area (Å²) >= 11 is 0. The third-order valence-electron chi connectivity index (χ3n) is 2.47. The Balaban J connectivity index is 2.53. The van der Waals surface area contributed by atoms with Gasteiger partial charge in [-0.05, 0) is 18.6 Å². The van der Waals surface area contributed by atoms with Crippen molar-refractivity contribution in [3.05, 3.63) is 18.2 Å². The van der Waals surface area contributed by atoms with Crippen LogP contribution in [-0.4, -0.2) is 40.5 Å². The van der Waals surface area contributed by atoms with Crippen molar-refractivity contribution in [2.75, 3.05) is 39.8 Å². The van der Waals surface area contributed by atoms with Gasteiger partial charge in [-0.25, -0.2) is 4.79 Å². The average molecular weight is 268 g/mol. The highest BCUT2D eigenvalue weighted by Crippen LogP contribution is 2.28. The molecule has 0 bridgehead atoms. The summed E-state index contributed by atoms with van der Waals surface area (Å²) in [5, 5.41) is 5.45. The normalized spacial score (nSPS) is 9.84. The molecule has 0 saturated carbocycles. The fourth-order valence-corrected chi connectivity index (χ4v) is 1.49. The first-order chi connectivity index (χ1) is 9.21. The Morgan fingerprint density at radius 3 is 2.63 bits per heavy atom. The second-order valence-corrected chi connectivity index (χ2v) is 3.79. The van der Waals surface area contributed by atoms with Gasteiger partial charge in [0, 0.05) is 26.3 Å². The van der Waals surface area contributed by atoms with Crippen molar-refractivity contribution in [1.82, 2.24) is 5.32 Å². The summed E-state index contributed by atoms with van der Waals surface area (Å²) in [5.74, 6) is 1.22. The Morgan fingerprint density at radius 1 is 1.21 bits per heavy atom. The van der Waals surface area contributed by atoms with E-state index < -0.39 is 0 Å². The molecule has 0 aromatic heterocycles. The molecule has 0 aliphatic carbocycles. The van der Waals surface area contributed by atoms with E-state index in [9.17, 15) is 4.79 Å². The van der Waals surface area contributed by atoms with E-state index in [1.54, 1.807) is 32.4 Å². The highest BCUT2D eigenvalue weighted by Gasteiger charge is 2.08. The van der Waals surface area contributed by atoms with Crippen molar-refractivity contribution in [3.63, 3.8) is 0 Å². The summed E-state index contributed by atoms with van der Waals surface area (Å²) in [6.45, 7) is 1.17. The molecule has 0 unspecified atom stereocenters. The van der Waals surface area contributed by atoms with Crippen molar-refractivity contribution < 1.29 is 19.0 Å². The average Bonchev–Trinajstić information content (AvgIpc) is 2.44. The number of amides is 2. The predicted molar refractivity (Wildman–Crippen MR) is 73.1 cm³/mol. The quantitative estimate of drug-likeness (QED) is 0.741. The van der Waals surface area contributed by atoms with Gasteiger partial charge in [-0.15, -0.1) is 0 Å². The standard InChI is InChI=1S/C13H20N2O4/c1-17-8-4-7-14-13(16)15-11-6-5-10(18-2)9-12(11)19-3/h5-6,9H,4,7-8H2,1-3H3,(H2,14,15,16). The highest BCUT2D eigenvalue weighted by atomic mass is 16.5. The Hall–Kier alpha value is -1.95. The number of carbonyl (C=O) groups excluding carboxylic acids is 1. The Kier molecular flexibility index (Phi) is 6.52. The molecule has 0 aliphatic heterocycles. The lowest BCUT2D eigenvalue weighted by atomic mass is 10.2. The van der Waals surface area contributed by atoms with Crippen LogP contribution in [0.4, 0.5) is 10.5 Å². The smallest absolute Gasteiger partial charge is 0.319 e. The minimum Gasteiger partial charge on any atom is -0.497 e. The minimum absolute atomic E-state index is 0.278. The highest BCUT2D eigenvalue weighted by molar-refractivity contribution is 5.91. The molecular formula is C13H20N2O4. The number of ether oxygens (including phenoxy) is 3. The van der Waals surface area contributed by atoms with Gasteiger partial charge in [-0.1, -0.05) is 0 Å². The molecule has 0 atom stereocenters. The summed E-state index contributed by atoms with van der Waals surface area (Å²) in [6, 6.07) is 4.91. The van der Waals surface area contributed by atoms with Gasteiger partial charge in [0.25, 0.3) is 0 Å². The van der Waals surface area contributed by atoms with Gasteiger partial charge in [0.15, 0.2) is 0 Å². The maximum atomic E-state index is 11.6. The number of carbonyl (C=O) groups is 1. The second kappa shape index (κ2) is 8.20. The van der Waals surface area contributed by atoms with Gasteiger partial charge < -0.3 is 24.8 Å². The van der Waals surface area contributed by atoms with Crippen LogP contribution in [-0.2, 0) is 4.74 Å². The molecule has 1 aromatic carbocycles. The maximum Gasteiger partial charge on any atom is 0.319 e. The SMILES string of the molecule is COCCCNC(=O)Nc1ccc(OC)cc1OC. The topological polar surface area (TPSA) is 68.8 Å². The summed E-state index contributed by atoms with van der Waals surface area (Å²) in [4.78, 5) is 11.6. The number of rotatable bonds is 7. The second-order valence-electron chi connectivity index (χ2n) is 3.79. The van der Waals surface area contributed by atoms with Crippen LogP contribution >= 0.6 is 0 Å². The number of hydrogen-bond donors (Lipinski definition) is 2. The van der Waals surface area contributed by atoms with Gasteiger partial charge in [-0.3, -0.25) is 0 Å². The summed E-state index contributed by atoms with van der Waals surface area (Å²) in [5.41, 5.74) is 0.590. The molecule has 19 heavy (non-hydrogen) atoms. The van der Waals surface area contributed by atoms with Gasteiger partial charge in [0.2, 0.25) is 0 Å². The van der Waals surface area contributed by atoms with E-state index in [1.165, 1.54) is 7.11 Å². The van der Waals surface area contributed by atoms with E-state index in [1.807, 2.05) is 0 Å². The first kappa shape index (κ1) is 15.1. The zero-order valence-electron chi connectivity index (χ0n) is 11.5. The van der Waals surface area contributed by atoms with Crippen LogP contribution in [0.2, 0.25) is 0 Å². The van der Waals surface area contributed by atoms with Crippen LogP contribution in [0.1, 0.15) is 6.42 Å². The summed E-state index contributed by atoms with van der Waals surface area (Å²) < 4.78 is 15.2. The third kappa shape index (κ3) is 5.05. The van der Waals surface area contributed by atoms with E-state index in [0.29, 0.717) is 30.3 Å². The van der Waals surface area contributed by atoms with Crippen LogP contribution in [0.15, 0.2) is 18.2 Å². The molecule has 6 heteroatoms. The van der Waals surface area contributed by atoms with E-state index in [-0.39, 0.29) is 6.03 Å². The van der Waals surface area contributed by atoms with Gasteiger partial charge in [-0.2, -0.15) is 0 Å². The monoisotopic (exact) mass is 268 g/mol. The molecule has 0 heterocycles. The largest absolute Gasteiger partial charge is 0.497 e. The molecule has 2 amide bonds. The van der Waals surface area contributed by atoms with Crippen molar-refractivity contribution in [2.24, 2.45) is 0 Å². The fourth-order valence-electron chi connectivity index (χ4n) is 1.49. The molecule has 6 nitrogen and oxygen atoms in total. The molecule has 2 N–H and O–H groups in total. The number of methoxy groups -OCH3 is 3. The molecule has 0 saturated heterocycles. The summed E-state index contributed by atoms with van der Waals surface area (Å²) in [6.07, 6.45) is 0.768. The number of anilines is 1. The Morgan fingerprint density at radius 2 is 2.00 bits per heavy atom. The zero-order chi connectivity index (χ0) is 14.1. The molecular weight excluding hydrogens is 248 g/mol. The van der Waals surface area contributed by atoms with Gasteiger partial charge in [0.1, 0.15) is 11.5 Å². The van der Waals surface area contributed by atoms with Crippen LogP contribution < -0.4 is 20.1 Å². The lowest BCUT2D eigenvalue weighted by molar-refractivity contribution is 0.194. The fraction of sp³-hybridized carbons (Fsp3) is 0.462. The molecule has 0 aliphatic rings. The van der Waals surface area contributed by atoms with Crippen molar-refractivity contribution in [3.8, 4) is 11.5 Å². The van der Waals surface area contributed by atoms with Crippen LogP contribution in [0.25, 0.3) is 0 Å². The van der Waals surface area contributed by atoms with Gasteiger partial charge >= 0.3 is 6.03 Å².